The Morgan fingerprint density at radius 2 is 1.90 bits per heavy atom. The second-order valence-corrected chi connectivity index (χ2v) is 10.8. The topological polar surface area (TPSA) is 73.2 Å². The molecule has 2 aromatic carbocycles. The van der Waals surface area contributed by atoms with Crippen molar-refractivity contribution in [2.45, 2.75) is 29.5 Å². The van der Waals surface area contributed by atoms with Crippen molar-refractivity contribution in [2.24, 2.45) is 4.99 Å². The number of aliphatic hydroxyl groups is 1. The fourth-order valence-corrected chi connectivity index (χ4v) is 5.96. The number of thioether (sulfide) groups is 1. The van der Waals surface area contributed by atoms with Gasteiger partial charge < -0.3 is 10.0 Å². The Labute approximate surface area is 180 Å². The molecular weight excluding hydrogens is 430 g/mol. The highest BCUT2D eigenvalue weighted by molar-refractivity contribution is 8.14. The number of amidine groups is 1. The molecule has 1 saturated carbocycles. The Bertz CT molecular complexity index is 1060. The predicted molar refractivity (Wildman–Crippen MR) is 117 cm³/mol. The SMILES string of the molecule is CN(C)S(=O)(=O)c1cc(C2(O)CSC(=Nc3ccccc3)N2C2CC2)ccc1Cl. The van der Waals surface area contributed by atoms with E-state index in [-0.39, 0.29) is 16.0 Å². The third-order valence-corrected chi connectivity index (χ3v) is 8.44. The maximum atomic E-state index is 12.7. The number of para-hydroxylation sites is 1. The van der Waals surface area contributed by atoms with E-state index >= 15 is 0 Å². The summed E-state index contributed by atoms with van der Waals surface area (Å²) in [5.74, 6) is 0.359. The first kappa shape index (κ1) is 20.7. The van der Waals surface area contributed by atoms with Gasteiger partial charge in [0.1, 0.15) is 4.90 Å². The van der Waals surface area contributed by atoms with Crippen LogP contribution >= 0.6 is 23.4 Å². The summed E-state index contributed by atoms with van der Waals surface area (Å²) >= 11 is 7.67. The number of benzene rings is 2. The van der Waals surface area contributed by atoms with Crippen LogP contribution in [0.1, 0.15) is 18.4 Å². The number of sulfonamides is 1. The molecule has 6 nitrogen and oxygen atoms in total. The summed E-state index contributed by atoms with van der Waals surface area (Å²) in [6, 6.07) is 14.5. The van der Waals surface area contributed by atoms with E-state index in [9.17, 15) is 13.5 Å². The Hall–Kier alpha value is -1.58. The van der Waals surface area contributed by atoms with Crippen LogP contribution in [0.2, 0.25) is 5.02 Å². The number of halogens is 1. The summed E-state index contributed by atoms with van der Waals surface area (Å²) in [7, 11) is -0.820. The fraction of sp³-hybridized carbons (Fsp3) is 0.350. The highest BCUT2D eigenvalue weighted by Crippen LogP contribution is 2.47. The lowest BCUT2D eigenvalue weighted by molar-refractivity contribution is -0.0521. The molecule has 2 aliphatic rings. The third kappa shape index (κ3) is 3.80. The lowest BCUT2D eigenvalue weighted by atomic mass is 10.0. The van der Waals surface area contributed by atoms with E-state index < -0.39 is 15.7 Å². The van der Waals surface area contributed by atoms with Crippen molar-refractivity contribution < 1.29 is 13.5 Å². The van der Waals surface area contributed by atoms with Gasteiger partial charge in [-0.1, -0.05) is 47.6 Å². The standard InChI is InChI=1S/C20H22ClN3O3S2/c1-23(2)29(26,27)18-12-14(8-11-17(18)21)20(25)13-28-19(24(20)16-9-10-16)22-15-6-4-3-5-7-15/h3-8,11-12,16,25H,9-10,13H2,1-2H3. The number of rotatable bonds is 5. The first-order valence-electron chi connectivity index (χ1n) is 9.24. The smallest absolute Gasteiger partial charge is 0.244 e. The quantitative estimate of drug-likeness (QED) is 0.751. The van der Waals surface area contributed by atoms with E-state index in [4.69, 9.17) is 16.6 Å². The van der Waals surface area contributed by atoms with Crippen LogP contribution in [0.25, 0.3) is 0 Å². The molecule has 154 valence electrons. The van der Waals surface area contributed by atoms with Gasteiger partial charge >= 0.3 is 0 Å². The molecule has 0 bridgehead atoms. The zero-order valence-corrected chi connectivity index (χ0v) is 18.5. The van der Waals surface area contributed by atoms with Crippen LogP contribution in [0.4, 0.5) is 5.69 Å². The molecule has 1 N–H and O–H groups in total. The molecule has 0 radical (unpaired) electrons. The zero-order valence-electron chi connectivity index (χ0n) is 16.1. The average Bonchev–Trinajstić information content (AvgIpc) is 3.46. The van der Waals surface area contributed by atoms with E-state index in [1.807, 2.05) is 35.2 Å². The maximum Gasteiger partial charge on any atom is 0.244 e. The van der Waals surface area contributed by atoms with Gasteiger partial charge in [-0.15, -0.1) is 0 Å². The van der Waals surface area contributed by atoms with E-state index in [0.717, 1.165) is 28.0 Å². The summed E-state index contributed by atoms with van der Waals surface area (Å²) in [5, 5.41) is 12.5. The molecule has 0 aromatic heterocycles. The van der Waals surface area contributed by atoms with Crippen molar-refractivity contribution in [3.63, 3.8) is 0 Å². The minimum Gasteiger partial charge on any atom is -0.366 e. The number of aliphatic imine (C=N–C) groups is 1. The highest BCUT2D eigenvalue weighted by Gasteiger charge is 2.51. The Morgan fingerprint density at radius 1 is 1.21 bits per heavy atom. The second-order valence-electron chi connectivity index (χ2n) is 7.37. The first-order chi connectivity index (χ1) is 13.7. The minimum absolute atomic E-state index is 0.00992. The molecule has 1 heterocycles. The van der Waals surface area contributed by atoms with Crippen LogP contribution < -0.4 is 0 Å². The molecule has 1 aliphatic carbocycles. The molecule has 0 amide bonds. The minimum atomic E-state index is -3.74. The van der Waals surface area contributed by atoms with E-state index in [0.29, 0.717) is 11.3 Å². The maximum absolute atomic E-state index is 12.7. The van der Waals surface area contributed by atoms with Gasteiger partial charge in [-0.2, -0.15) is 0 Å². The normalized spacial score (nSPS) is 23.9. The van der Waals surface area contributed by atoms with Crippen LogP contribution in [0.3, 0.4) is 0 Å². The van der Waals surface area contributed by atoms with Crippen molar-refractivity contribution in [1.82, 2.24) is 9.21 Å². The van der Waals surface area contributed by atoms with Gasteiger partial charge in [0, 0.05) is 25.7 Å². The number of nitrogens with zero attached hydrogens (tertiary/aromatic N) is 3. The monoisotopic (exact) mass is 451 g/mol. The molecule has 1 saturated heterocycles. The highest BCUT2D eigenvalue weighted by atomic mass is 35.5. The largest absolute Gasteiger partial charge is 0.366 e. The van der Waals surface area contributed by atoms with Crippen molar-refractivity contribution in [3.8, 4) is 0 Å². The van der Waals surface area contributed by atoms with Crippen LogP contribution in [-0.4, -0.2) is 53.8 Å². The van der Waals surface area contributed by atoms with Crippen LogP contribution in [0, 0.1) is 0 Å². The van der Waals surface area contributed by atoms with Crippen LogP contribution in [0.15, 0.2) is 58.4 Å². The van der Waals surface area contributed by atoms with Crippen molar-refractivity contribution in [1.29, 1.82) is 0 Å². The van der Waals surface area contributed by atoms with Crippen molar-refractivity contribution >= 4 is 44.2 Å². The van der Waals surface area contributed by atoms with Gasteiger partial charge in [-0.3, -0.25) is 0 Å². The van der Waals surface area contributed by atoms with E-state index in [1.165, 1.54) is 38.0 Å². The zero-order chi connectivity index (χ0) is 20.8. The van der Waals surface area contributed by atoms with Gasteiger partial charge in [-0.05, 0) is 37.1 Å². The molecule has 1 aliphatic heterocycles. The molecule has 29 heavy (non-hydrogen) atoms. The van der Waals surface area contributed by atoms with E-state index in [1.54, 1.807) is 6.07 Å². The lowest BCUT2D eigenvalue weighted by Gasteiger charge is -2.35. The molecule has 1 atom stereocenters. The predicted octanol–water partition coefficient (Wildman–Crippen LogP) is 3.63. The van der Waals surface area contributed by atoms with Crippen molar-refractivity contribution in [3.05, 3.63) is 59.1 Å². The van der Waals surface area contributed by atoms with E-state index in [2.05, 4.69) is 0 Å². The Kier molecular flexibility index (Phi) is 5.41. The average molecular weight is 452 g/mol. The van der Waals surface area contributed by atoms with Gasteiger partial charge in [0.25, 0.3) is 0 Å². The second kappa shape index (κ2) is 7.59. The molecule has 1 unspecified atom stereocenters. The summed E-state index contributed by atoms with van der Waals surface area (Å²) < 4.78 is 26.5. The molecule has 2 aromatic rings. The third-order valence-electron chi connectivity index (χ3n) is 5.05. The van der Waals surface area contributed by atoms with Crippen LogP contribution in [-0.2, 0) is 15.7 Å². The summed E-state index contributed by atoms with van der Waals surface area (Å²) in [6.07, 6.45) is 1.93. The van der Waals surface area contributed by atoms with Gasteiger partial charge in [0.05, 0.1) is 16.5 Å². The van der Waals surface area contributed by atoms with Gasteiger partial charge in [0.2, 0.25) is 10.0 Å². The summed E-state index contributed by atoms with van der Waals surface area (Å²) in [4.78, 5) is 6.65. The Morgan fingerprint density at radius 3 is 2.52 bits per heavy atom. The van der Waals surface area contributed by atoms with Gasteiger partial charge in [-0.25, -0.2) is 17.7 Å². The van der Waals surface area contributed by atoms with Gasteiger partial charge in [0.15, 0.2) is 10.9 Å². The molecule has 9 heteroatoms. The number of hydrogen-bond acceptors (Lipinski definition) is 5. The van der Waals surface area contributed by atoms with Crippen LogP contribution in [0.5, 0.6) is 0 Å². The first-order valence-corrected chi connectivity index (χ1v) is 12.0. The summed E-state index contributed by atoms with van der Waals surface area (Å²) in [6.45, 7) is 0. The molecule has 4 rings (SSSR count). The summed E-state index contributed by atoms with van der Waals surface area (Å²) in [5.41, 5.74) is -0.0301. The lowest BCUT2D eigenvalue weighted by Crippen LogP contribution is -2.46. The molecule has 0 spiro atoms. The number of hydrogen-bond donors (Lipinski definition) is 1. The molecule has 2 fully saturated rings. The Balaban J connectivity index is 1.77. The van der Waals surface area contributed by atoms with Crippen molar-refractivity contribution in [2.75, 3.05) is 19.8 Å². The molecular formula is C20H22ClN3O3S2. The fourth-order valence-electron chi connectivity index (χ4n) is 3.32.